The molecule has 0 fully saturated rings. The Bertz CT molecular complexity index is 1100. The smallest absolute Gasteiger partial charge is 0.262 e. The van der Waals surface area contributed by atoms with E-state index in [1.54, 1.807) is 0 Å². The highest BCUT2D eigenvalue weighted by Crippen LogP contribution is 2.30. The molecule has 0 aliphatic carbocycles. The fraction of sp³-hybridized carbons (Fsp3) is 0.235. The van der Waals surface area contributed by atoms with Gasteiger partial charge < -0.3 is 5.73 Å². The van der Waals surface area contributed by atoms with E-state index < -0.39 is 15.7 Å². The van der Waals surface area contributed by atoms with E-state index in [9.17, 15) is 18.0 Å². The number of aryl methyl sites for hydroxylation is 1. The number of hydrogen-bond donors (Lipinski definition) is 1. The van der Waals surface area contributed by atoms with Crippen LogP contribution < -0.4 is 11.3 Å². The first-order chi connectivity index (χ1) is 12.4. The summed E-state index contributed by atoms with van der Waals surface area (Å²) in [6.07, 6.45) is 1.14. The Labute approximate surface area is 154 Å². The molecule has 0 aliphatic heterocycles. The van der Waals surface area contributed by atoms with Crippen LogP contribution in [0, 0.1) is 0 Å². The summed E-state index contributed by atoms with van der Waals surface area (Å²) in [5, 5.41) is 2.36. The number of aromatic nitrogens is 2. The van der Waals surface area contributed by atoms with Crippen molar-refractivity contribution in [2.75, 3.05) is 11.5 Å². The maximum Gasteiger partial charge on any atom is 0.262 e. The summed E-state index contributed by atoms with van der Waals surface area (Å²) in [6, 6.07) is 9.49. The zero-order chi connectivity index (χ0) is 18.7. The van der Waals surface area contributed by atoms with Gasteiger partial charge in [-0.15, -0.1) is 11.3 Å². The summed E-state index contributed by atoms with van der Waals surface area (Å²) < 4.78 is 25.3. The number of nitrogens with two attached hydrogens (primary N) is 1. The van der Waals surface area contributed by atoms with Gasteiger partial charge in [0, 0.05) is 23.9 Å². The lowest BCUT2D eigenvalue weighted by molar-refractivity contribution is -0.117. The summed E-state index contributed by atoms with van der Waals surface area (Å²) in [5.41, 5.74) is 6.40. The molecule has 2 N–H and O–H groups in total. The maximum atomic E-state index is 12.8. The van der Waals surface area contributed by atoms with E-state index in [2.05, 4.69) is 4.98 Å². The van der Waals surface area contributed by atoms with Gasteiger partial charge in [0.25, 0.3) is 5.56 Å². The molecule has 0 bridgehead atoms. The molecule has 1 aromatic carbocycles. The number of fused-ring (bicyclic) bond motifs is 1. The first-order valence-corrected chi connectivity index (χ1v) is 10.6. The van der Waals surface area contributed by atoms with Crippen LogP contribution in [0.15, 0.2) is 46.8 Å². The molecular formula is C17H17N3O4S2. The van der Waals surface area contributed by atoms with Crippen LogP contribution in [0.5, 0.6) is 0 Å². The van der Waals surface area contributed by atoms with Crippen molar-refractivity contribution in [3.8, 4) is 11.1 Å². The topological polar surface area (TPSA) is 112 Å². The monoisotopic (exact) mass is 391 g/mol. The predicted octanol–water partition coefficient (Wildman–Crippen LogP) is 1.42. The fourth-order valence-electron chi connectivity index (χ4n) is 2.55. The number of amides is 1. The summed E-state index contributed by atoms with van der Waals surface area (Å²) >= 11 is 1.37. The summed E-state index contributed by atoms with van der Waals surface area (Å²) in [6.45, 7) is -0.0209. The van der Waals surface area contributed by atoms with Crippen molar-refractivity contribution >= 4 is 37.3 Å². The van der Waals surface area contributed by atoms with Crippen molar-refractivity contribution < 1.29 is 13.2 Å². The van der Waals surface area contributed by atoms with E-state index in [4.69, 9.17) is 5.73 Å². The normalized spacial score (nSPS) is 11.7. The maximum absolute atomic E-state index is 12.8. The number of nitrogens with zero attached hydrogens (tertiary/aromatic N) is 2. The van der Waals surface area contributed by atoms with Gasteiger partial charge in [0.15, 0.2) is 9.84 Å². The molecule has 0 unspecified atom stereocenters. The van der Waals surface area contributed by atoms with Gasteiger partial charge in [0.1, 0.15) is 4.83 Å². The van der Waals surface area contributed by atoms with Crippen LogP contribution in [0.4, 0.5) is 0 Å². The van der Waals surface area contributed by atoms with E-state index in [1.807, 2.05) is 35.7 Å². The number of hydrogen-bond acceptors (Lipinski definition) is 6. The molecule has 2 heterocycles. The van der Waals surface area contributed by atoms with E-state index in [0.29, 0.717) is 10.2 Å². The average molecular weight is 391 g/mol. The summed E-state index contributed by atoms with van der Waals surface area (Å²) in [5.74, 6) is -1.24. The molecule has 7 nitrogen and oxygen atoms in total. The Hall–Kier alpha value is -2.52. The number of sulfone groups is 1. The van der Waals surface area contributed by atoms with Gasteiger partial charge in [0.05, 0.1) is 23.2 Å². The van der Waals surface area contributed by atoms with Crippen LogP contribution in [0.2, 0.25) is 0 Å². The molecule has 0 spiro atoms. The van der Waals surface area contributed by atoms with Gasteiger partial charge in [-0.25, -0.2) is 13.4 Å². The highest BCUT2D eigenvalue weighted by Gasteiger charge is 2.16. The minimum Gasteiger partial charge on any atom is -0.370 e. The fourth-order valence-corrected chi connectivity index (χ4v) is 4.65. The lowest BCUT2D eigenvalue weighted by Gasteiger charge is -2.07. The second-order valence-corrected chi connectivity index (χ2v) is 8.97. The van der Waals surface area contributed by atoms with E-state index in [-0.39, 0.29) is 30.0 Å². The summed E-state index contributed by atoms with van der Waals surface area (Å²) in [4.78, 5) is 28.5. The van der Waals surface area contributed by atoms with Gasteiger partial charge >= 0.3 is 0 Å². The number of benzene rings is 1. The van der Waals surface area contributed by atoms with Crippen LogP contribution in [0.1, 0.15) is 6.42 Å². The van der Waals surface area contributed by atoms with Crippen molar-refractivity contribution in [3.05, 3.63) is 52.4 Å². The van der Waals surface area contributed by atoms with Gasteiger partial charge in [-0.1, -0.05) is 30.3 Å². The molecule has 26 heavy (non-hydrogen) atoms. The first kappa shape index (κ1) is 18.3. The van der Waals surface area contributed by atoms with Crippen LogP contribution in [-0.4, -0.2) is 35.4 Å². The number of primary amides is 1. The van der Waals surface area contributed by atoms with Crippen LogP contribution in [0.3, 0.4) is 0 Å². The molecule has 0 aliphatic rings. The minimum atomic E-state index is -3.48. The molecule has 136 valence electrons. The van der Waals surface area contributed by atoms with Crippen LogP contribution in [0.25, 0.3) is 21.3 Å². The molecule has 2 aromatic heterocycles. The largest absolute Gasteiger partial charge is 0.370 e. The SMILES string of the molecule is NC(=O)CCS(=O)(=O)CCn1cnc2scc(-c3ccccc3)c2c1=O. The Morgan fingerprint density at radius 3 is 2.62 bits per heavy atom. The zero-order valence-electron chi connectivity index (χ0n) is 13.8. The third-order valence-corrected chi connectivity index (χ3v) is 6.47. The lowest BCUT2D eigenvalue weighted by atomic mass is 10.1. The van der Waals surface area contributed by atoms with Crippen molar-refractivity contribution in [2.24, 2.45) is 5.73 Å². The van der Waals surface area contributed by atoms with E-state index in [0.717, 1.165) is 11.1 Å². The van der Waals surface area contributed by atoms with E-state index >= 15 is 0 Å². The van der Waals surface area contributed by atoms with E-state index in [1.165, 1.54) is 22.2 Å². The Kier molecular flexibility index (Phi) is 5.19. The van der Waals surface area contributed by atoms with Gasteiger partial charge in [-0.3, -0.25) is 14.2 Å². The zero-order valence-corrected chi connectivity index (χ0v) is 15.4. The Morgan fingerprint density at radius 1 is 1.19 bits per heavy atom. The molecule has 0 saturated carbocycles. The van der Waals surface area contributed by atoms with Gasteiger partial charge in [0.2, 0.25) is 5.91 Å². The Morgan fingerprint density at radius 2 is 1.92 bits per heavy atom. The minimum absolute atomic E-state index is 0.0209. The first-order valence-electron chi connectivity index (χ1n) is 7.88. The van der Waals surface area contributed by atoms with Crippen molar-refractivity contribution in [1.29, 1.82) is 0 Å². The highest BCUT2D eigenvalue weighted by molar-refractivity contribution is 7.91. The molecule has 0 atom stereocenters. The van der Waals surface area contributed by atoms with Crippen molar-refractivity contribution in [1.82, 2.24) is 9.55 Å². The van der Waals surface area contributed by atoms with Crippen LogP contribution >= 0.6 is 11.3 Å². The average Bonchev–Trinajstić information content (AvgIpc) is 3.05. The quantitative estimate of drug-likeness (QED) is 0.654. The molecule has 1 amide bonds. The van der Waals surface area contributed by atoms with Gasteiger partial charge in [-0.2, -0.15) is 0 Å². The molecule has 3 aromatic rings. The summed E-state index contributed by atoms with van der Waals surface area (Å²) in [7, 11) is -3.48. The van der Waals surface area contributed by atoms with Crippen molar-refractivity contribution in [2.45, 2.75) is 13.0 Å². The lowest BCUT2D eigenvalue weighted by Crippen LogP contribution is -2.26. The molecule has 0 radical (unpaired) electrons. The number of carbonyl (C=O) groups excluding carboxylic acids is 1. The second-order valence-electron chi connectivity index (χ2n) is 5.81. The van der Waals surface area contributed by atoms with Crippen molar-refractivity contribution in [3.63, 3.8) is 0 Å². The Balaban J connectivity index is 1.90. The number of carbonyl (C=O) groups is 1. The number of rotatable bonds is 7. The third-order valence-electron chi connectivity index (χ3n) is 3.95. The molecular weight excluding hydrogens is 374 g/mol. The standard InChI is InChI=1S/C17H17N3O4S2/c18-14(21)6-8-26(23,24)9-7-20-11-19-16-15(17(20)22)13(10-25-16)12-4-2-1-3-5-12/h1-5,10-11H,6-9H2,(H2,18,21). The number of thiophene rings is 1. The third kappa shape index (κ3) is 4.00. The molecule has 3 rings (SSSR count). The van der Waals surface area contributed by atoms with Gasteiger partial charge in [-0.05, 0) is 5.56 Å². The predicted molar refractivity (Wildman–Crippen MR) is 102 cm³/mol. The molecule has 0 saturated heterocycles. The second kappa shape index (κ2) is 7.38. The highest BCUT2D eigenvalue weighted by atomic mass is 32.2. The molecule has 9 heteroatoms. The van der Waals surface area contributed by atoms with Crippen LogP contribution in [-0.2, 0) is 21.2 Å².